The number of aromatic nitrogens is 2. The van der Waals surface area contributed by atoms with E-state index in [1.807, 2.05) is 24.3 Å². The molecular weight excluding hydrogens is 386 g/mol. The van der Waals surface area contributed by atoms with Crippen LogP contribution >= 0.6 is 0 Å². The summed E-state index contributed by atoms with van der Waals surface area (Å²) in [5.74, 6) is -0.769. The van der Waals surface area contributed by atoms with Crippen LogP contribution in [0.25, 0.3) is 5.69 Å². The van der Waals surface area contributed by atoms with E-state index in [0.717, 1.165) is 0 Å². The number of para-hydroxylation sites is 2. The molecule has 0 unspecified atom stereocenters. The van der Waals surface area contributed by atoms with Crippen LogP contribution in [-0.2, 0) is 21.4 Å². The number of ether oxygens (including phenoxy) is 2. The first kappa shape index (κ1) is 20.9. The van der Waals surface area contributed by atoms with Gasteiger partial charge >= 0.3 is 5.97 Å². The molecule has 0 saturated heterocycles. The van der Waals surface area contributed by atoms with Gasteiger partial charge in [0.2, 0.25) is 0 Å². The van der Waals surface area contributed by atoms with E-state index in [2.05, 4.69) is 5.32 Å². The molecule has 1 heterocycles. The number of hydrogen-bond acceptors (Lipinski definition) is 5. The monoisotopic (exact) mass is 409 g/mol. The quantitative estimate of drug-likeness (QED) is 0.605. The Balaban J connectivity index is 1.65. The Bertz CT molecular complexity index is 1090. The summed E-state index contributed by atoms with van der Waals surface area (Å²) in [6, 6.07) is 17.9. The van der Waals surface area contributed by atoms with Gasteiger partial charge in [0.1, 0.15) is 11.4 Å². The van der Waals surface area contributed by atoms with Crippen molar-refractivity contribution in [1.82, 2.24) is 9.36 Å². The van der Waals surface area contributed by atoms with Gasteiger partial charge in [0.15, 0.2) is 12.7 Å². The molecule has 0 fully saturated rings. The largest absolute Gasteiger partial charge is 0.482 e. The Morgan fingerprint density at radius 3 is 2.27 bits per heavy atom. The first-order chi connectivity index (χ1) is 14.4. The molecule has 3 aromatic rings. The number of carbonyl (C=O) groups excluding carboxylic acids is 2. The third kappa shape index (κ3) is 4.60. The summed E-state index contributed by atoms with van der Waals surface area (Å²) in [5, 5.41) is 2.58. The second kappa shape index (κ2) is 9.13. The number of benzene rings is 2. The van der Waals surface area contributed by atoms with Crippen molar-refractivity contribution in [3.05, 3.63) is 76.7 Å². The maximum Gasteiger partial charge on any atom is 0.344 e. The highest BCUT2D eigenvalue weighted by molar-refractivity contribution is 5.95. The minimum absolute atomic E-state index is 0.134. The molecule has 0 radical (unpaired) electrons. The summed E-state index contributed by atoms with van der Waals surface area (Å²) in [5.41, 5.74) is 1.00. The predicted molar refractivity (Wildman–Crippen MR) is 112 cm³/mol. The van der Waals surface area contributed by atoms with Gasteiger partial charge in [0.25, 0.3) is 11.5 Å². The number of nitrogens with one attached hydrogen (secondary N) is 1. The van der Waals surface area contributed by atoms with Gasteiger partial charge in [-0.2, -0.15) is 0 Å². The number of rotatable bonds is 7. The van der Waals surface area contributed by atoms with Gasteiger partial charge in [-0.25, -0.2) is 9.48 Å². The normalized spacial score (nSPS) is 11.6. The topological polar surface area (TPSA) is 91.6 Å². The van der Waals surface area contributed by atoms with Gasteiger partial charge in [-0.1, -0.05) is 36.4 Å². The number of carbonyl (C=O) groups is 2. The van der Waals surface area contributed by atoms with Crippen molar-refractivity contribution in [2.45, 2.75) is 20.0 Å². The average Bonchev–Trinajstić information content (AvgIpc) is 2.96. The Labute approximate surface area is 173 Å². The lowest BCUT2D eigenvalue weighted by molar-refractivity contribution is -0.155. The minimum Gasteiger partial charge on any atom is -0.482 e. The molecule has 2 aromatic carbocycles. The predicted octanol–water partition coefficient (Wildman–Crippen LogP) is 2.43. The Morgan fingerprint density at radius 2 is 1.63 bits per heavy atom. The van der Waals surface area contributed by atoms with E-state index >= 15 is 0 Å². The highest BCUT2D eigenvalue weighted by Gasteiger charge is 2.23. The van der Waals surface area contributed by atoms with E-state index in [4.69, 9.17) is 9.47 Å². The van der Waals surface area contributed by atoms with Gasteiger partial charge in [0.05, 0.1) is 11.4 Å². The molecule has 0 spiro atoms. The maximum atomic E-state index is 12.9. The second-order valence-corrected chi connectivity index (χ2v) is 6.66. The third-order valence-corrected chi connectivity index (χ3v) is 4.58. The Kier molecular flexibility index (Phi) is 6.36. The van der Waals surface area contributed by atoms with Gasteiger partial charge in [0, 0.05) is 7.05 Å². The fourth-order valence-corrected chi connectivity index (χ4v) is 2.88. The van der Waals surface area contributed by atoms with Crippen LogP contribution in [0.3, 0.4) is 0 Å². The van der Waals surface area contributed by atoms with Gasteiger partial charge < -0.3 is 14.8 Å². The van der Waals surface area contributed by atoms with Crippen molar-refractivity contribution in [2.24, 2.45) is 7.05 Å². The number of nitrogens with zero attached hydrogens (tertiary/aromatic N) is 2. The summed E-state index contributed by atoms with van der Waals surface area (Å²) < 4.78 is 13.5. The summed E-state index contributed by atoms with van der Waals surface area (Å²) in [6.07, 6.45) is -1.10. The highest BCUT2D eigenvalue weighted by Crippen LogP contribution is 2.14. The molecular formula is C22H23N3O5. The lowest BCUT2D eigenvalue weighted by Gasteiger charge is -2.13. The zero-order chi connectivity index (χ0) is 21.7. The SMILES string of the molecule is Cc1c(NC(=O)[C@H](C)OC(=O)COc2ccccc2)c(=O)n(-c2ccccc2)n1C. The highest BCUT2D eigenvalue weighted by atomic mass is 16.6. The van der Waals surface area contributed by atoms with E-state index in [0.29, 0.717) is 17.1 Å². The lowest BCUT2D eigenvalue weighted by Crippen LogP contribution is -2.33. The molecule has 1 aromatic heterocycles. The summed E-state index contributed by atoms with van der Waals surface area (Å²) in [7, 11) is 1.73. The van der Waals surface area contributed by atoms with Crippen LogP contribution in [0, 0.1) is 6.92 Å². The molecule has 30 heavy (non-hydrogen) atoms. The van der Waals surface area contributed by atoms with E-state index in [9.17, 15) is 14.4 Å². The van der Waals surface area contributed by atoms with Crippen LogP contribution in [0.4, 0.5) is 5.69 Å². The maximum absolute atomic E-state index is 12.9. The van der Waals surface area contributed by atoms with Crippen molar-refractivity contribution in [1.29, 1.82) is 0 Å². The molecule has 1 atom stereocenters. The molecule has 3 rings (SSSR count). The molecule has 0 aliphatic heterocycles. The smallest absolute Gasteiger partial charge is 0.344 e. The van der Waals surface area contributed by atoms with E-state index in [1.165, 1.54) is 11.6 Å². The van der Waals surface area contributed by atoms with Crippen molar-refractivity contribution in [3.63, 3.8) is 0 Å². The summed E-state index contributed by atoms with van der Waals surface area (Å²) >= 11 is 0. The number of anilines is 1. The standard InChI is InChI=1S/C22H23N3O5/c1-15-20(22(28)25(24(15)3)17-10-6-4-7-11-17)23-21(27)16(2)30-19(26)14-29-18-12-8-5-9-13-18/h4-13,16H,14H2,1-3H3,(H,23,27)/t16-/m0/s1. The van der Waals surface area contributed by atoms with Crippen LogP contribution in [0.15, 0.2) is 65.5 Å². The summed E-state index contributed by atoms with van der Waals surface area (Å²) in [4.78, 5) is 37.3. The number of esters is 1. The molecule has 0 saturated carbocycles. The van der Waals surface area contributed by atoms with E-state index in [-0.39, 0.29) is 17.9 Å². The van der Waals surface area contributed by atoms with Crippen LogP contribution in [0.1, 0.15) is 12.6 Å². The van der Waals surface area contributed by atoms with Crippen LogP contribution in [0.2, 0.25) is 0 Å². The van der Waals surface area contributed by atoms with E-state index in [1.54, 1.807) is 55.1 Å². The number of hydrogen-bond donors (Lipinski definition) is 1. The fourth-order valence-electron chi connectivity index (χ4n) is 2.88. The molecule has 0 aliphatic rings. The zero-order valence-corrected chi connectivity index (χ0v) is 17.0. The first-order valence-corrected chi connectivity index (χ1v) is 9.40. The van der Waals surface area contributed by atoms with Crippen molar-refractivity contribution < 1.29 is 19.1 Å². The van der Waals surface area contributed by atoms with E-state index < -0.39 is 18.0 Å². The lowest BCUT2D eigenvalue weighted by atomic mass is 10.3. The van der Waals surface area contributed by atoms with Crippen molar-refractivity contribution >= 4 is 17.6 Å². The van der Waals surface area contributed by atoms with Crippen molar-refractivity contribution in [2.75, 3.05) is 11.9 Å². The fraction of sp³-hybridized carbons (Fsp3) is 0.227. The molecule has 1 N–H and O–H groups in total. The van der Waals surface area contributed by atoms with Crippen molar-refractivity contribution in [3.8, 4) is 11.4 Å². The van der Waals surface area contributed by atoms with Crippen LogP contribution in [-0.4, -0.2) is 34.0 Å². The van der Waals surface area contributed by atoms with Gasteiger partial charge in [-0.05, 0) is 38.1 Å². The van der Waals surface area contributed by atoms with Crippen LogP contribution in [0.5, 0.6) is 5.75 Å². The Hall–Kier alpha value is -3.81. The molecule has 0 aliphatic carbocycles. The zero-order valence-electron chi connectivity index (χ0n) is 17.0. The molecule has 8 nitrogen and oxygen atoms in total. The second-order valence-electron chi connectivity index (χ2n) is 6.66. The average molecular weight is 409 g/mol. The first-order valence-electron chi connectivity index (χ1n) is 9.40. The molecule has 156 valence electrons. The minimum atomic E-state index is -1.10. The number of amides is 1. The third-order valence-electron chi connectivity index (χ3n) is 4.58. The molecule has 1 amide bonds. The van der Waals surface area contributed by atoms with Crippen LogP contribution < -0.4 is 15.6 Å². The summed E-state index contributed by atoms with van der Waals surface area (Å²) in [6.45, 7) is 2.83. The Morgan fingerprint density at radius 1 is 1.03 bits per heavy atom. The molecule has 0 bridgehead atoms. The van der Waals surface area contributed by atoms with Gasteiger partial charge in [-0.15, -0.1) is 0 Å². The molecule has 8 heteroatoms. The van der Waals surface area contributed by atoms with Gasteiger partial charge in [-0.3, -0.25) is 14.3 Å².